The van der Waals surface area contributed by atoms with Gasteiger partial charge in [0.25, 0.3) is 11.4 Å². The molecule has 0 saturated heterocycles. The Balaban J connectivity index is 1.91. The fraction of sp³-hybridized carbons (Fsp3) is 0.300. The smallest absolute Gasteiger partial charge is 0.345 e. The van der Waals surface area contributed by atoms with Crippen molar-refractivity contribution < 1.29 is 42.8 Å². The molecule has 0 aliphatic heterocycles. The zero-order valence-electron chi connectivity index (χ0n) is 17.6. The van der Waals surface area contributed by atoms with E-state index in [1.54, 1.807) is 0 Å². The van der Waals surface area contributed by atoms with E-state index < -0.39 is 50.3 Å². The lowest BCUT2D eigenvalue weighted by Crippen LogP contribution is -2.09. The molecule has 0 radical (unpaired) electrons. The molecule has 2 rings (SSSR count). The minimum Gasteiger partial charge on any atom is -0.493 e. The molecule has 0 atom stereocenters. The first-order chi connectivity index (χ1) is 15.7. The van der Waals surface area contributed by atoms with E-state index in [0.29, 0.717) is 18.9 Å². The molecule has 0 aromatic heterocycles. The number of rotatable bonds is 11. The van der Waals surface area contributed by atoms with Crippen LogP contribution in [0.25, 0.3) is 0 Å². The highest BCUT2D eigenvalue weighted by molar-refractivity contribution is 5.94. The summed E-state index contributed by atoms with van der Waals surface area (Å²) in [5, 5.41) is 22.3. The number of halogens is 1. The van der Waals surface area contributed by atoms with Gasteiger partial charge in [-0.05, 0) is 31.0 Å². The predicted octanol–water partition coefficient (Wildman–Crippen LogP) is 3.45. The Kier molecular flexibility index (Phi) is 8.60. The van der Waals surface area contributed by atoms with Crippen LogP contribution in [0.3, 0.4) is 0 Å². The molecule has 0 aliphatic carbocycles. The lowest BCUT2D eigenvalue weighted by atomic mass is 10.1. The van der Waals surface area contributed by atoms with E-state index >= 15 is 0 Å². The third-order valence-electron chi connectivity index (χ3n) is 4.29. The van der Waals surface area contributed by atoms with E-state index in [1.807, 2.05) is 0 Å². The van der Waals surface area contributed by atoms with E-state index in [0.717, 1.165) is 26.4 Å². The SMILES string of the molecule is COC(=O)c1ccc(OCCCCOc2cc([N+](=O)[O-])c(C(=O)OC)cc2F)cc1[N+](=O)[O-]. The third kappa shape index (κ3) is 6.35. The number of hydrogen-bond acceptors (Lipinski definition) is 10. The van der Waals surface area contributed by atoms with Crippen LogP contribution in [-0.4, -0.2) is 49.2 Å². The Labute approximate surface area is 186 Å². The zero-order valence-corrected chi connectivity index (χ0v) is 17.6. The van der Waals surface area contributed by atoms with Gasteiger partial charge in [0, 0.05) is 0 Å². The van der Waals surface area contributed by atoms with Crippen LogP contribution in [0.4, 0.5) is 15.8 Å². The van der Waals surface area contributed by atoms with Gasteiger partial charge >= 0.3 is 11.9 Å². The molecule has 0 saturated carbocycles. The van der Waals surface area contributed by atoms with Gasteiger partial charge < -0.3 is 18.9 Å². The first kappa shape index (κ1) is 25.0. The van der Waals surface area contributed by atoms with Crippen molar-refractivity contribution in [3.8, 4) is 11.5 Å². The molecule has 0 aliphatic rings. The van der Waals surface area contributed by atoms with E-state index in [-0.39, 0.29) is 24.5 Å². The molecular formula is C20H19FN2O10. The van der Waals surface area contributed by atoms with Crippen molar-refractivity contribution in [2.75, 3.05) is 27.4 Å². The summed E-state index contributed by atoms with van der Waals surface area (Å²) < 4.78 is 33.7. The second kappa shape index (κ2) is 11.4. The number of nitrogens with zero attached hydrogens (tertiary/aromatic N) is 2. The van der Waals surface area contributed by atoms with Crippen LogP contribution in [-0.2, 0) is 9.47 Å². The Morgan fingerprint density at radius 2 is 1.39 bits per heavy atom. The summed E-state index contributed by atoms with van der Waals surface area (Å²) in [4.78, 5) is 43.8. The van der Waals surface area contributed by atoms with Gasteiger partial charge in [-0.25, -0.2) is 14.0 Å². The van der Waals surface area contributed by atoms with Gasteiger partial charge in [0.2, 0.25) is 0 Å². The lowest BCUT2D eigenvalue weighted by molar-refractivity contribution is -0.385. The van der Waals surface area contributed by atoms with E-state index in [2.05, 4.69) is 9.47 Å². The fourth-order valence-corrected chi connectivity index (χ4v) is 2.69. The van der Waals surface area contributed by atoms with Crippen LogP contribution in [0.5, 0.6) is 11.5 Å². The molecule has 0 fully saturated rings. The van der Waals surface area contributed by atoms with Gasteiger partial charge in [0.05, 0.1) is 49.4 Å². The van der Waals surface area contributed by atoms with E-state index in [1.165, 1.54) is 12.1 Å². The minimum atomic E-state index is -1.05. The van der Waals surface area contributed by atoms with E-state index in [4.69, 9.17) is 9.47 Å². The minimum absolute atomic E-state index is 0.0174. The number of hydrogen-bond donors (Lipinski definition) is 0. The standard InChI is InChI=1S/C20H19FN2O10/c1-30-19(24)13-6-5-12(9-16(13)22(26)27)32-7-3-4-8-33-18-11-17(23(28)29)14(10-15(18)21)20(25)31-2/h5-6,9-11H,3-4,7-8H2,1-2H3. The van der Waals surface area contributed by atoms with Crippen molar-refractivity contribution in [3.05, 3.63) is 67.5 Å². The number of nitro benzene ring substituents is 2. The summed E-state index contributed by atoms with van der Waals surface area (Å²) in [5.41, 5.74) is -1.86. The second-order valence-electron chi connectivity index (χ2n) is 6.38. The van der Waals surface area contributed by atoms with Gasteiger partial charge in [-0.3, -0.25) is 20.2 Å². The first-order valence-electron chi connectivity index (χ1n) is 9.38. The van der Waals surface area contributed by atoms with Crippen molar-refractivity contribution in [2.24, 2.45) is 0 Å². The Hall–Kier alpha value is -4.29. The number of benzene rings is 2. The Bertz CT molecular complexity index is 1070. The van der Waals surface area contributed by atoms with Crippen molar-refractivity contribution in [3.63, 3.8) is 0 Å². The summed E-state index contributed by atoms with van der Waals surface area (Å²) in [6.07, 6.45) is 0.755. The van der Waals surface area contributed by atoms with Gasteiger partial charge in [0.15, 0.2) is 11.6 Å². The van der Waals surface area contributed by atoms with Crippen molar-refractivity contribution in [1.29, 1.82) is 0 Å². The number of unbranched alkanes of at least 4 members (excludes halogenated alkanes) is 1. The highest BCUT2D eigenvalue weighted by Gasteiger charge is 2.25. The predicted molar refractivity (Wildman–Crippen MR) is 109 cm³/mol. The number of methoxy groups -OCH3 is 2. The Morgan fingerprint density at radius 1 is 0.848 bits per heavy atom. The highest BCUT2D eigenvalue weighted by atomic mass is 19.1. The monoisotopic (exact) mass is 466 g/mol. The molecular weight excluding hydrogens is 447 g/mol. The highest BCUT2D eigenvalue weighted by Crippen LogP contribution is 2.29. The molecule has 13 heteroatoms. The average molecular weight is 466 g/mol. The van der Waals surface area contributed by atoms with Gasteiger partial charge in [-0.2, -0.15) is 0 Å². The number of carbonyl (C=O) groups excluding carboxylic acids is 2. The maximum Gasteiger partial charge on any atom is 0.345 e. The van der Waals surface area contributed by atoms with Crippen LogP contribution in [0.1, 0.15) is 33.6 Å². The molecule has 0 amide bonds. The molecule has 2 aromatic rings. The number of nitro groups is 2. The molecule has 0 bridgehead atoms. The second-order valence-corrected chi connectivity index (χ2v) is 6.38. The van der Waals surface area contributed by atoms with Crippen molar-refractivity contribution in [1.82, 2.24) is 0 Å². The van der Waals surface area contributed by atoms with Crippen molar-refractivity contribution >= 4 is 23.3 Å². The van der Waals surface area contributed by atoms with Crippen molar-refractivity contribution in [2.45, 2.75) is 12.8 Å². The van der Waals surface area contributed by atoms with Gasteiger partial charge in [-0.1, -0.05) is 0 Å². The summed E-state index contributed by atoms with van der Waals surface area (Å²) in [5.74, 6) is -3.10. The molecule has 2 aromatic carbocycles. The van der Waals surface area contributed by atoms with Crippen LogP contribution in [0.2, 0.25) is 0 Å². The third-order valence-corrected chi connectivity index (χ3v) is 4.29. The van der Waals surface area contributed by atoms with Gasteiger partial charge in [0.1, 0.15) is 16.9 Å². The summed E-state index contributed by atoms with van der Waals surface area (Å²) in [6.45, 7) is 0.110. The number of ether oxygens (including phenoxy) is 4. The summed E-state index contributed by atoms with van der Waals surface area (Å²) in [7, 11) is 2.12. The fourth-order valence-electron chi connectivity index (χ4n) is 2.69. The average Bonchev–Trinajstić information content (AvgIpc) is 2.80. The molecule has 0 unspecified atom stereocenters. The lowest BCUT2D eigenvalue weighted by Gasteiger charge is -2.10. The zero-order chi connectivity index (χ0) is 24.5. The number of carbonyl (C=O) groups is 2. The summed E-state index contributed by atoms with van der Waals surface area (Å²) >= 11 is 0. The maximum atomic E-state index is 14.1. The molecule has 0 N–H and O–H groups in total. The molecule has 0 heterocycles. The summed E-state index contributed by atoms with van der Waals surface area (Å²) in [6, 6.07) is 5.18. The van der Waals surface area contributed by atoms with Crippen LogP contribution < -0.4 is 9.47 Å². The quantitative estimate of drug-likeness (QED) is 0.208. The topological polar surface area (TPSA) is 157 Å². The maximum absolute atomic E-state index is 14.1. The van der Waals surface area contributed by atoms with Gasteiger partial charge in [-0.15, -0.1) is 0 Å². The van der Waals surface area contributed by atoms with Crippen LogP contribution >= 0.6 is 0 Å². The molecule has 33 heavy (non-hydrogen) atoms. The molecule has 176 valence electrons. The van der Waals surface area contributed by atoms with E-state index in [9.17, 15) is 34.2 Å². The largest absolute Gasteiger partial charge is 0.493 e. The van der Waals surface area contributed by atoms with Crippen LogP contribution in [0.15, 0.2) is 30.3 Å². The van der Waals surface area contributed by atoms with Crippen LogP contribution in [0, 0.1) is 26.0 Å². The Morgan fingerprint density at radius 3 is 1.97 bits per heavy atom. The normalized spacial score (nSPS) is 10.3. The number of esters is 2. The first-order valence-corrected chi connectivity index (χ1v) is 9.38. The molecule has 0 spiro atoms. The molecule has 12 nitrogen and oxygen atoms in total.